The van der Waals surface area contributed by atoms with Crippen LogP contribution in [-0.2, 0) is 121 Å². The number of halogens is 2. The zero-order valence-electron chi connectivity index (χ0n) is 66.7. The number of aliphatic hydroxyl groups is 1. The Morgan fingerprint density at radius 1 is 0.686 bits per heavy atom. The molecule has 41 nitrogen and oxygen atoms in total. The quantitative estimate of drug-likeness (QED) is 0.0110. The van der Waals surface area contributed by atoms with Crippen molar-refractivity contribution >= 4 is 119 Å². The van der Waals surface area contributed by atoms with Crippen LogP contribution in [-0.4, -0.2) is 284 Å². The van der Waals surface area contributed by atoms with E-state index < -0.39 is 164 Å². The number of fused-ring (bicyclic) bond motifs is 5. The third-order valence-electron chi connectivity index (χ3n) is 19.0. The molecule has 10 rings (SSSR count). The second-order valence-corrected chi connectivity index (χ2v) is 33.8. The molecule has 6 aromatic rings. The molecule has 0 spiro atoms. The number of imide groups is 1. The average molecular weight is 1780 g/mol. The number of imidazole rings is 1. The van der Waals surface area contributed by atoms with E-state index in [1.807, 2.05) is 0 Å². The lowest BCUT2D eigenvalue weighted by molar-refractivity contribution is -0.137. The highest BCUT2D eigenvalue weighted by atomic mass is 32.7. The summed E-state index contributed by atoms with van der Waals surface area (Å²) in [6, 6.07) is 9.15. The second-order valence-electron chi connectivity index (χ2n) is 28.1. The maximum Gasteiger partial charge on any atom is 0.410 e. The van der Waals surface area contributed by atoms with Crippen molar-refractivity contribution in [2.75, 3.05) is 144 Å². The minimum Gasteiger partial charge on any atom is -0.445 e. The van der Waals surface area contributed by atoms with Crippen LogP contribution in [0, 0.1) is 11.7 Å². The number of methoxy groups -OCH3 is 1. The molecule has 3 saturated heterocycles. The summed E-state index contributed by atoms with van der Waals surface area (Å²) in [6.45, 7) is -0.914. The SMILES string of the molecule is COCCOCCOCCOCCOCCOCCOCCOCCC(=O)N[C@@H](CCCCN1C(=O)C=CC1=O)C(=O)N[C@H](C(=O)N[C@@H](C)C(=O)Nc1ccc(COC(=O)N(C)Cc2ccccc2C(=O)Nc2ncnc3c2ncn3[C@@H]2O[C@@H]3CO[P@@](=O)(S)O[C@@H]4[C@H](O)C(CO[P@@](=O)(S)O[C@H]3[C@H]2F)O[C@H]4n2cc(F)c3c(=O)[nH]cnc32)cc1)C(C)C. The number of H-pyrrole nitrogens is 1. The van der Waals surface area contributed by atoms with Gasteiger partial charge >= 0.3 is 19.7 Å². The Balaban J connectivity index is 0.649. The first-order valence-corrected chi connectivity index (χ1v) is 44.0. The van der Waals surface area contributed by atoms with Gasteiger partial charge in [-0.1, -0.05) is 68.7 Å². The molecule has 13 atom stereocenters. The zero-order chi connectivity index (χ0) is 86.8. The maximum absolute atomic E-state index is 17.0. The number of hydrogen-bond acceptors (Lipinski definition) is 31. The van der Waals surface area contributed by atoms with E-state index in [1.54, 1.807) is 63.4 Å². The Morgan fingerprint density at radius 2 is 1.28 bits per heavy atom. The number of thiol groups is 2. The van der Waals surface area contributed by atoms with Crippen molar-refractivity contribution in [1.29, 1.82) is 0 Å². The van der Waals surface area contributed by atoms with E-state index in [-0.39, 0.29) is 80.6 Å². The molecule has 0 radical (unpaired) electrons. The van der Waals surface area contributed by atoms with Gasteiger partial charge in [0.2, 0.25) is 23.6 Å². The van der Waals surface area contributed by atoms with Crippen LogP contribution in [0.5, 0.6) is 0 Å². The number of rotatable bonds is 45. The molecule has 8 heterocycles. The number of carbonyl (C=O) groups excluding carboxylic acids is 8. The van der Waals surface area contributed by atoms with E-state index in [0.29, 0.717) is 109 Å². The topological polar surface area (TPSA) is 490 Å². The largest absolute Gasteiger partial charge is 0.445 e. The molecule has 47 heteroatoms. The van der Waals surface area contributed by atoms with Gasteiger partial charge in [-0.2, -0.15) is 0 Å². The first-order chi connectivity index (χ1) is 58.1. The molecule has 4 aliphatic rings. The van der Waals surface area contributed by atoms with Crippen molar-refractivity contribution in [2.24, 2.45) is 5.92 Å². The van der Waals surface area contributed by atoms with Crippen molar-refractivity contribution in [3.63, 3.8) is 0 Å². The Morgan fingerprint density at radius 3 is 1.91 bits per heavy atom. The van der Waals surface area contributed by atoms with Gasteiger partial charge in [-0.15, -0.1) is 0 Å². The van der Waals surface area contributed by atoms with E-state index in [1.165, 1.54) is 37.1 Å². The molecule has 0 saturated carbocycles. The van der Waals surface area contributed by atoms with E-state index in [2.05, 4.69) is 76.0 Å². The van der Waals surface area contributed by atoms with Gasteiger partial charge in [0.05, 0.1) is 125 Å². The van der Waals surface area contributed by atoms with Crippen LogP contribution in [0.3, 0.4) is 0 Å². The average Bonchev–Trinajstić information content (AvgIpc) is 1.60. The fourth-order valence-corrected chi connectivity index (χ4v) is 15.6. The van der Waals surface area contributed by atoms with Crippen LogP contribution in [0.25, 0.3) is 22.2 Å². The molecule has 3 fully saturated rings. The van der Waals surface area contributed by atoms with Crippen molar-refractivity contribution in [2.45, 2.75) is 127 Å². The number of amides is 8. The Hall–Kier alpha value is -8.67. The van der Waals surface area contributed by atoms with Crippen LogP contribution < -0.4 is 32.1 Å². The van der Waals surface area contributed by atoms with Crippen molar-refractivity contribution in [1.82, 2.24) is 59.8 Å². The van der Waals surface area contributed by atoms with Crippen molar-refractivity contribution in [3.8, 4) is 0 Å². The molecule has 7 N–H and O–H groups in total. The van der Waals surface area contributed by atoms with Gasteiger partial charge in [0, 0.05) is 63.3 Å². The molecule has 1 unspecified atom stereocenters. The molecule has 0 aliphatic carbocycles. The molecule has 121 heavy (non-hydrogen) atoms. The highest BCUT2D eigenvalue weighted by Gasteiger charge is 2.54. The predicted molar refractivity (Wildman–Crippen MR) is 429 cm³/mol. The number of nitrogens with one attached hydrogen (secondary N) is 6. The zero-order valence-corrected chi connectivity index (χ0v) is 70.2. The van der Waals surface area contributed by atoms with Crippen LogP contribution in [0.15, 0.2) is 90.7 Å². The number of carbonyl (C=O) groups is 8. The molecule has 8 amide bonds. The molecular formula is C74H98F2N14O27P2S2. The predicted octanol–water partition coefficient (Wildman–Crippen LogP) is 4.43. The summed E-state index contributed by atoms with van der Waals surface area (Å²) >= 11 is 8.16. The summed E-state index contributed by atoms with van der Waals surface area (Å²) < 4.78 is 145. The summed E-state index contributed by atoms with van der Waals surface area (Å²) in [7, 11) is 3.06. The molecule has 2 aromatic carbocycles. The van der Waals surface area contributed by atoms with E-state index in [0.717, 1.165) is 39.2 Å². The van der Waals surface area contributed by atoms with Crippen molar-refractivity contribution < 1.29 is 132 Å². The minimum atomic E-state index is -4.66. The van der Waals surface area contributed by atoms with Gasteiger partial charge in [-0.05, 0) is 61.4 Å². The first kappa shape index (κ1) is 94.6. The standard InChI is InChI=1S/C74H98F2N14O27P2S2/c1-44(2)59(85-69(97)51(12-8-9-20-88-55(92)17-18-56(88)93)84-54(91)19-21-104-24-25-106-28-29-108-32-33-110-35-34-109-31-30-107-27-26-105-23-22-103-5)71(99)82-45(3)67(95)83-48-15-13-46(14-16-48)38-111-74(100)87(4)36-47-10-6-7-11-49(47)68(96)86-64-60-66(79-41-77-64)90(43-81-60)72-58(76)62-53(115-72)40-113-119(102,121)117-63-61(94)52(39-112-118(101,120)116-62)114-73(63)89-37-50(75)57-65(89)78-42-80-70(57)98/h6-7,10-11,13-18,37,41-45,51-53,58-59,61-63,72-73,94H,8-9,12,19-36,38-40H2,1-5H3,(H,82,99)(H,83,95)(H,84,91)(H,85,97)(H,101,120)(H,102,121)(H,78,80,98)(H,77,79,86,96)/t45-,51-,52?,53+,58+,59-,61+,62+,63+,72+,73+,118+,119+/m0/s1. The Kier molecular flexibility index (Phi) is 36.1. The normalized spacial score (nSPS) is 22.5. The second kappa shape index (κ2) is 46.2. The number of alkyl halides is 1. The van der Waals surface area contributed by atoms with Gasteiger partial charge in [-0.3, -0.25) is 65.9 Å². The first-order valence-electron chi connectivity index (χ1n) is 38.6. The minimum absolute atomic E-state index is 0.00296. The number of benzene rings is 2. The summed E-state index contributed by atoms with van der Waals surface area (Å²) in [5.41, 5.74) is 0.0448. The van der Waals surface area contributed by atoms with Crippen LogP contribution in [0.1, 0.15) is 80.4 Å². The Labute approximate surface area is 702 Å². The third-order valence-corrected chi connectivity index (χ3v) is 22.2. The third kappa shape index (κ3) is 27.2. The van der Waals surface area contributed by atoms with Crippen molar-refractivity contribution in [3.05, 3.63) is 119 Å². The molecule has 2 bridgehead atoms. The van der Waals surface area contributed by atoms with Crippen LogP contribution >= 0.6 is 38.1 Å². The number of hydrogen-bond donors (Lipinski definition) is 9. The number of unbranched alkanes of at least 4 members (excludes halogenated alkanes) is 1. The fraction of sp³-hybridized carbons (Fsp3) is 0.554. The van der Waals surface area contributed by atoms with Gasteiger partial charge < -0.3 is 98.2 Å². The molecule has 4 aromatic heterocycles. The molecule has 4 aliphatic heterocycles. The fourth-order valence-electron chi connectivity index (χ4n) is 12.7. The molecule has 662 valence electrons. The summed E-state index contributed by atoms with van der Waals surface area (Å²) in [5.74, 6) is -5.84. The van der Waals surface area contributed by atoms with Crippen LogP contribution in [0.4, 0.5) is 25.1 Å². The number of anilines is 2. The number of aromatic nitrogens is 7. The summed E-state index contributed by atoms with van der Waals surface area (Å²) in [5, 5.41) is 24.4. The van der Waals surface area contributed by atoms with Gasteiger partial charge in [-0.25, -0.2) is 42.6 Å². The highest BCUT2D eigenvalue weighted by molar-refractivity contribution is 8.44. The van der Waals surface area contributed by atoms with Crippen LogP contribution in [0.2, 0.25) is 0 Å². The number of aromatic amines is 1. The van der Waals surface area contributed by atoms with E-state index in [4.69, 9.17) is 70.2 Å². The van der Waals surface area contributed by atoms with E-state index in [9.17, 15) is 57.4 Å². The molecular weight excluding hydrogens is 1680 g/mol. The summed E-state index contributed by atoms with van der Waals surface area (Å²) in [4.78, 5) is 141. The smallest absolute Gasteiger partial charge is 0.410 e. The number of ether oxygens (including phenoxy) is 11. The van der Waals surface area contributed by atoms with E-state index >= 15 is 8.78 Å². The Bertz CT molecular complexity index is 4690. The maximum atomic E-state index is 17.0. The lowest BCUT2D eigenvalue weighted by Crippen LogP contribution is -2.57. The van der Waals surface area contributed by atoms with Gasteiger partial charge in [0.1, 0.15) is 67.0 Å². The lowest BCUT2D eigenvalue weighted by Gasteiger charge is -2.26. The monoisotopic (exact) mass is 1780 g/mol. The lowest BCUT2D eigenvalue weighted by atomic mass is 10.0. The number of nitrogens with zero attached hydrogens (tertiary/aromatic N) is 8. The highest BCUT2D eigenvalue weighted by Crippen LogP contribution is 2.60. The summed E-state index contributed by atoms with van der Waals surface area (Å²) in [6.07, 6.45) is -7.85. The number of aliphatic hydroxyl groups excluding tert-OH is 1. The van der Waals surface area contributed by atoms with Gasteiger partial charge in [0.25, 0.3) is 23.3 Å². The van der Waals surface area contributed by atoms with Gasteiger partial charge in [0.15, 0.2) is 47.1 Å².